The van der Waals surface area contributed by atoms with Crippen molar-refractivity contribution in [1.29, 1.82) is 0 Å². The van der Waals surface area contributed by atoms with Crippen LogP contribution in [0.15, 0.2) is 54.6 Å². The summed E-state index contributed by atoms with van der Waals surface area (Å²) in [6.45, 7) is 4.19. The zero-order valence-corrected chi connectivity index (χ0v) is 13.3. The fraction of sp³-hybridized carbons (Fsp3) is 0.316. The van der Waals surface area contributed by atoms with E-state index in [1.54, 1.807) is 12.1 Å². The Morgan fingerprint density at radius 1 is 1.00 bits per heavy atom. The van der Waals surface area contributed by atoms with Crippen LogP contribution in [0.1, 0.15) is 31.0 Å². The lowest BCUT2D eigenvalue weighted by Gasteiger charge is -2.29. The summed E-state index contributed by atoms with van der Waals surface area (Å²) in [6, 6.07) is 16.4. The molecule has 2 aromatic rings. The highest BCUT2D eigenvalue weighted by Gasteiger charge is 2.22. The number of benzene rings is 2. The van der Waals surface area contributed by atoms with E-state index in [0.717, 1.165) is 11.1 Å². The highest BCUT2D eigenvalue weighted by atomic mass is 19.1. The lowest BCUT2D eigenvalue weighted by atomic mass is 9.96. The summed E-state index contributed by atoms with van der Waals surface area (Å²) in [5.74, 6) is -0.0471. The maximum absolute atomic E-state index is 13.2. The van der Waals surface area contributed by atoms with Crippen LogP contribution < -0.4 is 0 Å². The molecule has 0 spiro atoms. The molecule has 2 nitrogen and oxygen atoms in total. The van der Waals surface area contributed by atoms with Gasteiger partial charge in [-0.15, -0.1) is 0 Å². The summed E-state index contributed by atoms with van der Waals surface area (Å²) in [4.78, 5) is 14.1. The first-order valence-electron chi connectivity index (χ1n) is 7.52. The number of Topliss-reactive ketones (excluding diaryl/α,β-unsaturated/α-hetero) is 1. The van der Waals surface area contributed by atoms with Crippen LogP contribution in [0.3, 0.4) is 0 Å². The molecule has 2 aromatic carbocycles. The van der Waals surface area contributed by atoms with E-state index >= 15 is 0 Å². The Balaban J connectivity index is 2.33. The summed E-state index contributed by atoms with van der Waals surface area (Å²) in [5, 5.41) is 0. The molecular formula is C19H22FNO. The minimum Gasteiger partial charge on any atom is -0.298 e. The zero-order valence-electron chi connectivity index (χ0n) is 13.3. The summed E-state index contributed by atoms with van der Waals surface area (Å²) >= 11 is 0. The van der Waals surface area contributed by atoms with Crippen LogP contribution in [-0.4, -0.2) is 24.3 Å². The fourth-order valence-corrected chi connectivity index (χ4v) is 2.50. The smallest absolute Gasteiger partial charge is 0.149 e. The van der Waals surface area contributed by atoms with Crippen LogP contribution in [0.5, 0.6) is 0 Å². The van der Waals surface area contributed by atoms with Crippen LogP contribution in [0, 0.1) is 11.7 Å². The molecule has 2 rings (SSSR count). The van der Waals surface area contributed by atoms with Crippen molar-refractivity contribution in [2.24, 2.45) is 5.92 Å². The third-order valence-electron chi connectivity index (χ3n) is 3.79. The summed E-state index contributed by atoms with van der Waals surface area (Å²) in [5.41, 5.74) is 2.07. The molecule has 0 aromatic heterocycles. The zero-order chi connectivity index (χ0) is 16.1. The first-order chi connectivity index (χ1) is 10.5. The van der Waals surface area contributed by atoms with E-state index in [1.165, 1.54) is 12.1 Å². The topological polar surface area (TPSA) is 20.3 Å². The number of rotatable bonds is 6. The van der Waals surface area contributed by atoms with Gasteiger partial charge in [-0.05, 0) is 30.3 Å². The molecule has 1 unspecified atom stereocenters. The number of carbonyl (C=O) groups excluding carboxylic acids is 1. The van der Waals surface area contributed by atoms with Crippen molar-refractivity contribution in [2.75, 3.05) is 13.6 Å². The van der Waals surface area contributed by atoms with Crippen LogP contribution in [0.4, 0.5) is 4.39 Å². The highest BCUT2D eigenvalue weighted by Crippen LogP contribution is 2.27. The van der Waals surface area contributed by atoms with Gasteiger partial charge in [0, 0.05) is 5.92 Å². The second kappa shape index (κ2) is 7.32. The van der Waals surface area contributed by atoms with Gasteiger partial charge in [-0.25, -0.2) is 4.39 Å². The van der Waals surface area contributed by atoms with Gasteiger partial charge >= 0.3 is 0 Å². The molecule has 0 aliphatic rings. The SMILES string of the molecule is CC(C)C(=O)CN(C)C(c1ccccc1)c1ccc(F)cc1. The predicted octanol–water partition coefficient (Wildman–Crippen LogP) is 4.07. The molecular weight excluding hydrogens is 277 g/mol. The van der Waals surface area contributed by atoms with E-state index in [-0.39, 0.29) is 23.6 Å². The third kappa shape index (κ3) is 4.01. The summed E-state index contributed by atoms with van der Waals surface area (Å²) in [6.07, 6.45) is 0. The van der Waals surface area contributed by atoms with Crippen LogP contribution in [0.2, 0.25) is 0 Å². The minimum absolute atomic E-state index is 0.00657. The van der Waals surface area contributed by atoms with Gasteiger partial charge in [-0.3, -0.25) is 9.69 Å². The normalized spacial score (nSPS) is 12.6. The Kier molecular flexibility index (Phi) is 5.45. The van der Waals surface area contributed by atoms with Crippen molar-refractivity contribution in [3.05, 3.63) is 71.5 Å². The first-order valence-corrected chi connectivity index (χ1v) is 7.52. The Labute approximate surface area is 131 Å². The predicted molar refractivity (Wildman–Crippen MR) is 87.2 cm³/mol. The van der Waals surface area contributed by atoms with Crippen molar-refractivity contribution in [3.63, 3.8) is 0 Å². The number of hydrogen-bond acceptors (Lipinski definition) is 2. The monoisotopic (exact) mass is 299 g/mol. The van der Waals surface area contributed by atoms with Gasteiger partial charge in [0.1, 0.15) is 11.6 Å². The second-order valence-electron chi connectivity index (χ2n) is 5.90. The molecule has 116 valence electrons. The Morgan fingerprint density at radius 3 is 2.09 bits per heavy atom. The van der Waals surface area contributed by atoms with Crippen molar-refractivity contribution in [2.45, 2.75) is 19.9 Å². The average molecular weight is 299 g/mol. The van der Waals surface area contributed by atoms with Crippen LogP contribution in [-0.2, 0) is 4.79 Å². The molecule has 1 atom stereocenters. The van der Waals surface area contributed by atoms with Gasteiger partial charge in [0.25, 0.3) is 0 Å². The van der Waals surface area contributed by atoms with Gasteiger partial charge in [0.2, 0.25) is 0 Å². The Bertz CT molecular complexity index is 607. The van der Waals surface area contributed by atoms with E-state index in [9.17, 15) is 9.18 Å². The number of likely N-dealkylation sites (N-methyl/N-ethyl adjacent to an activating group) is 1. The molecule has 22 heavy (non-hydrogen) atoms. The Hall–Kier alpha value is -2.00. The molecule has 3 heteroatoms. The molecule has 0 aliphatic carbocycles. The molecule has 0 heterocycles. The lowest BCUT2D eigenvalue weighted by Crippen LogP contribution is -2.32. The van der Waals surface area contributed by atoms with Gasteiger partial charge in [-0.2, -0.15) is 0 Å². The van der Waals surface area contributed by atoms with Crippen LogP contribution in [0.25, 0.3) is 0 Å². The average Bonchev–Trinajstić information content (AvgIpc) is 2.50. The Morgan fingerprint density at radius 2 is 1.55 bits per heavy atom. The molecule has 0 radical (unpaired) electrons. The minimum atomic E-state index is -0.253. The number of carbonyl (C=O) groups is 1. The number of halogens is 1. The van der Waals surface area contributed by atoms with E-state index in [0.29, 0.717) is 6.54 Å². The molecule has 0 aliphatic heterocycles. The summed E-state index contributed by atoms with van der Waals surface area (Å²) < 4.78 is 13.2. The second-order valence-corrected chi connectivity index (χ2v) is 5.90. The van der Waals surface area contributed by atoms with E-state index in [1.807, 2.05) is 56.1 Å². The number of nitrogens with zero attached hydrogens (tertiary/aromatic N) is 1. The van der Waals surface area contributed by atoms with Gasteiger partial charge in [0.05, 0.1) is 12.6 Å². The largest absolute Gasteiger partial charge is 0.298 e. The quantitative estimate of drug-likeness (QED) is 0.801. The summed E-state index contributed by atoms with van der Waals surface area (Å²) in [7, 11) is 1.93. The molecule has 0 amide bonds. The maximum atomic E-state index is 13.2. The van der Waals surface area contributed by atoms with Crippen molar-refractivity contribution in [1.82, 2.24) is 4.90 Å². The van der Waals surface area contributed by atoms with E-state index in [4.69, 9.17) is 0 Å². The van der Waals surface area contributed by atoms with Crippen molar-refractivity contribution >= 4 is 5.78 Å². The molecule has 0 bridgehead atoms. The first kappa shape index (κ1) is 16.4. The fourth-order valence-electron chi connectivity index (χ4n) is 2.50. The van der Waals surface area contributed by atoms with Crippen molar-refractivity contribution < 1.29 is 9.18 Å². The van der Waals surface area contributed by atoms with Gasteiger partial charge in [0.15, 0.2) is 0 Å². The van der Waals surface area contributed by atoms with E-state index in [2.05, 4.69) is 0 Å². The van der Waals surface area contributed by atoms with Gasteiger partial charge < -0.3 is 0 Å². The lowest BCUT2D eigenvalue weighted by molar-refractivity contribution is -0.123. The molecule has 0 N–H and O–H groups in total. The van der Waals surface area contributed by atoms with Gasteiger partial charge in [-0.1, -0.05) is 56.3 Å². The molecule has 0 fully saturated rings. The van der Waals surface area contributed by atoms with Crippen molar-refractivity contribution in [3.8, 4) is 0 Å². The molecule has 0 saturated heterocycles. The number of ketones is 1. The highest BCUT2D eigenvalue weighted by molar-refractivity contribution is 5.82. The maximum Gasteiger partial charge on any atom is 0.149 e. The van der Waals surface area contributed by atoms with Crippen LogP contribution >= 0.6 is 0 Å². The van der Waals surface area contributed by atoms with E-state index < -0.39 is 0 Å². The third-order valence-corrected chi connectivity index (χ3v) is 3.79. The number of hydrogen-bond donors (Lipinski definition) is 0. The standard InChI is InChI=1S/C19H22FNO/c1-14(2)18(22)13-21(3)19(15-7-5-4-6-8-15)16-9-11-17(20)12-10-16/h4-12,14,19H,13H2,1-3H3. The molecule has 0 saturated carbocycles.